The van der Waals surface area contributed by atoms with E-state index in [4.69, 9.17) is 4.74 Å². The number of nitrogens with zero attached hydrogens (tertiary/aromatic N) is 3. The second-order valence-electron chi connectivity index (χ2n) is 6.96. The van der Waals surface area contributed by atoms with Crippen LogP contribution >= 0.6 is 0 Å². The number of aromatic nitrogens is 2. The summed E-state index contributed by atoms with van der Waals surface area (Å²) in [6, 6.07) is 17.1. The average molecular weight is 385 g/mol. The summed E-state index contributed by atoms with van der Waals surface area (Å²) in [5.74, 6) is 0.341. The molecule has 0 spiro atoms. The lowest BCUT2D eigenvalue weighted by molar-refractivity contribution is 0.104. The van der Waals surface area contributed by atoms with Crippen LogP contribution in [0.5, 0.6) is 5.75 Å². The lowest BCUT2D eigenvalue weighted by Gasteiger charge is -2.06. The highest BCUT2D eigenvalue weighted by atomic mass is 16.5. The Labute approximate surface area is 170 Å². The van der Waals surface area contributed by atoms with Crippen molar-refractivity contribution in [2.75, 3.05) is 7.11 Å². The van der Waals surface area contributed by atoms with Crippen molar-refractivity contribution in [3.63, 3.8) is 0 Å². The second-order valence-corrected chi connectivity index (χ2v) is 6.96. The number of allylic oxidation sites excluding steroid dienone is 1. The van der Waals surface area contributed by atoms with Crippen LogP contribution in [0.2, 0.25) is 0 Å². The first-order chi connectivity index (χ1) is 13.9. The van der Waals surface area contributed by atoms with Crippen molar-refractivity contribution in [2.45, 2.75) is 27.3 Å². The minimum Gasteiger partial charge on any atom is -0.497 e. The molecule has 0 fully saturated rings. The summed E-state index contributed by atoms with van der Waals surface area (Å²) in [4.78, 5) is 12.8. The van der Waals surface area contributed by atoms with E-state index in [2.05, 4.69) is 36.3 Å². The van der Waals surface area contributed by atoms with E-state index >= 15 is 0 Å². The molecule has 0 aliphatic rings. The number of carbonyl (C=O) groups is 1. The van der Waals surface area contributed by atoms with Gasteiger partial charge in [0.15, 0.2) is 0 Å². The summed E-state index contributed by atoms with van der Waals surface area (Å²) in [7, 11) is 1.57. The van der Waals surface area contributed by atoms with E-state index in [0.29, 0.717) is 17.9 Å². The van der Waals surface area contributed by atoms with Gasteiger partial charge in [0.2, 0.25) is 5.78 Å². The molecular weight excluding hydrogens is 362 g/mol. The Morgan fingerprint density at radius 2 is 1.76 bits per heavy atom. The van der Waals surface area contributed by atoms with Gasteiger partial charge in [0.05, 0.1) is 19.3 Å². The summed E-state index contributed by atoms with van der Waals surface area (Å²) >= 11 is 0. The van der Waals surface area contributed by atoms with Gasteiger partial charge in [0.1, 0.15) is 17.4 Å². The molecule has 1 heterocycles. The number of ketones is 1. The number of Topliss-reactive ketones (excluding diaryl/α,β-unsaturated/α-hetero) is 1. The molecule has 3 rings (SSSR count). The molecule has 0 bridgehead atoms. The molecule has 146 valence electrons. The van der Waals surface area contributed by atoms with Gasteiger partial charge < -0.3 is 4.74 Å². The van der Waals surface area contributed by atoms with Crippen LogP contribution in [0, 0.1) is 32.1 Å². The molecule has 0 saturated heterocycles. The van der Waals surface area contributed by atoms with Crippen molar-refractivity contribution in [1.29, 1.82) is 5.26 Å². The van der Waals surface area contributed by atoms with Crippen molar-refractivity contribution >= 4 is 11.9 Å². The van der Waals surface area contributed by atoms with E-state index in [0.717, 1.165) is 22.5 Å². The molecule has 5 nitrogen and oxygen atoms in total. The van der Waals surface area contributed by atoms with Crippen molar-refractivity contribution in [3.8, 4) is 11.8 Å². The van der Waals surface area contributed by atoms with Crippen LogP contribution in [0.1, 0.15) is 38.4 Å². The fourth-order valence-electron chi connectivity index (χ4n) is 3.13. The largest absolute Gasteiger partial charge is 0.497 e. The van der Waals surface area contributed by atoms with Crippen molar-refractivity contribution < 1.29 is 9.53 Å². The van der Waals surface area contributed by atoms with Gasteiger partial charge in [-0.25, -0.2) is 0 Å². The van der Waals surface area contributed by atoms with Crippen molar-refractivity contribution in [3.05, 3.63) is 87.7 Å². The van der Waals surface area contributed by atoms with Crippen LogP contribution in [0.4, 0.5) is 0 Å². The first kappa shape index (κ1) is 20.1. The number of rotatable bonds is 6. The molecule has 0 amide bonds. The molecule has 0 aliphatic heterocycles. The maximum absolute atomic E-state index is 12.8. The maximum atomic E-state index is 12.8. The van der Waals surface area contributed by atoms with Crippen molar-refractivity contribution in [2.24, 2.45) is 0 Å². The van der Waals surface area contributed by atoms with Gasteiger partial charge in [-0.05, 0) is 56.7 Å². The molecule has 3 aromatic rings. The van der Waals surface area contributed by atoms with E-state index in [1.807, 2.05) is 24.6 Å². The van der Waals surface area contributed by atoms with Gasteiger partial charge in [0, 0.05) is 16.8 Å². The zero-order valence-corrected chi connectivity index (χ0v) is 17.1. The van der Waals surface area contributed by atoms with Gasteiger partial charge in [-0.1, -0.05) is 29.8 Å². The third-order valence-corrected chi connectivity index (χ3v) is 4.90. The zero-order valence-electron chi connectivity index (χ0n) is 17.1. The Balaban J connectivity index is 1.91. The highest BCUT2D eigenvalue weighted by Crippen LogP contribution is 2.21. The van der Waals surface area contributed by atoms with Gasteiger partial charge in [-0.15, -0.1) is 0 Å². The Morgan fingerprint density at radius 3 is 2.34 bits per heavy atom. The van der Waals surface area contributed by atoms with Crippen LogP contribution < -0.4 is 4.74 Å². The smallest absolute Gasteiger partial charge is 0.203 e. The number of aryl methyl sites for hydroxylation is 2. The molecular formula is C24H23N3O2. The number of hydrogen-bond acceptors (Lipinski definition) is 4. The Kier molecular flexibility index (Phi) is 5.94. The van der Waals surface area contributed by atoms with Gasteiger partial charge in [0.25, 0.3) is 0 Å². The van der Waals surface area contributed by atoms with E-state index < -0.39 is 0 Å². The Bertz CT molecular complexity index is 1100. The van der Waals surface area contributed by atoms with Crippen LogP contribution in [0.3, 0.4) is 0 Å². The quantitative estimate of drug-likeness (QED) is 0.352. The predicted molar refractivity (Wildman–Crippen MR) is 113 cm³/mol. The van der Waals surface area contributed by atoms with Crippen LogP contribution in [-0.2, 0) is 6.54 Å². The summed E-state index contributed by atoms with van der Waals surface area (Å²) < 4.78 is 7.02. The SMILES string of the molecule is COc1ccc(C(=O)/C(C#N)=C/c2c(C)nn(Cc3ccc(C)cc3)c2C)cc1. The summed E-state index contributed by atoms with van der Waals surface area (Å²) in [6.07, 6.45) is 1.63. The van der Waals surface area contributed by atoms with Crippen LogP contribution in [-0.4, -0.2) is 22.7 Å². The average Bonchev–Trinajstić information content (AvgIpc) is 3.00. The van der Waals surface area contributed by atoms with E-state index in [1.54, 1.807) is 37.5 Å². The number of nitriles is 1. The molecule has 0 radical (unpaired) electrons. The lowest BCUT2D eigenvalue weighted by Crippen LogP contribution is -2.04. The highest BCUT2D eigenvalue weighted by molar-refractivity contribution is 6.14. The molecule has 0 atom stereocenters. The normalized spacial score (nSPS) is 11.2. The fourth-order valence-corrected chi connectivity index (χ4v) is 3.13. The summed E-state index contributed by atoms with van der Waals surface area (Å²) in [5, 5.41) is 14.2. The van der Waals surface area contributed by atoms with E-state index in [-0.39, 0.29) is 11.4 Å². The molecule has 0 N–H and O–H groups in total. The Morgan fingerprint density at radius 1 is 1.10 bits per heavy atom. The molecule has 1 aromatic heterocycles. The minimum absolute atomic E-state index is 0.0799. The van der Waals surface area contributed by atoms with Gasteiger partial charge >= 0.3 is 0 Å². The van der Waals surface area contributed by atoms with Crippen molar-refractivity contribution in [1.82, 2.24) is 9.78 Å². The van der Waals surface area contributed by atoms with Gasteiger partial charge in [-0.2, -0.15) is 10.4 Å². The van der Waals surface area contributed by atoms with Crippen LogP contribution in [0.25, 0.3) is 6.08 Å². The zero-order chi connectivity index (χ0) is 21.0. The predicted octanol–water partition coefficient (Wildman–Crippen LogP) is 4.66. The number of methoxy groups -OCH3 is 1. The number of hydrogen-bond donors (Lipinski definition) is 0. The molecule has 0 aliphatic carbocycles. The summed E-state index contributed by atoms with van der Waals surface area (Å²) in [5.41, 5.74) is 5.38. The molecule has 2 aromatic carbocycles. The monoisotopic (exact) mass is 385 g/mol. The Hall–Kier alpha value is -3.65. The third-order valence-electron chi connectivity index (χ3n) is 4.90. The number of ether oxygens (including phenoxy) is 1. The second kappa shape index (κ2) is 8.57. The molecule has 0 unspecified atom stereocenters. The standard InChI is InChI=1S/C24H23N3O2/c1-16-5-7-19(8-6-16)15-27-18(3)23(17(2)26-27)13-21(14-25)24(28)20-9-11-22(29-4)12-10-20/h5-13H,15H2,1-4H3/b21-13+. The maximum Gasteiger partial charge on any atom is 0.203 e. The molecule has 29 heavy (non-hydrogen) atoms. The topological polar surface area (TPSA) is 67.9 Å². The highest BCUT2D eigenvalue weighted by Gasteiger charge is 2.16. The molecule has 5 heteroatoms. The van der Waals surface area contributed by atoms with E-state index in [1.165, 1.54) is 5.56 Å². The number of benzene rings is 2. The van der Waals surface area contributed by atoms with Crippen LogP contribution in [0.15, 0.2) is 54.1 Å². The van der Waals surface area contributed by atoms with E-state index in [9.17, 15) is 10.1 Å². The first-order valence-corrected chi connectivity index (χ1v) is 9.33. The third kappa shape index (κ3) is 4.44. The van der Waals surface area contributed by atoms with Gasteiger partial charge in [-0.3, -0.25) is 9.48 Å². The molecule has 0 saturated carbocycles. The minimum atomic E-state index is -0.319. The lowest BCUT2D eigenvalue weighted by atomic mass is 10.0. The summed E-state index contributed by atoms with van der Waals surface area (Å²) in [6.45, 7) is 6.53. The number of carbonyl (C=O) groups excluding carboxylic acids is 1. The fraction of sp³-hybridized carbons (Fsp3) is 0.208. The first-order valence-electron chi connectivity index (χ1n) is 9.33.